The fraction of sp³-hybridized carbons (Fsp3) is 0.333. The first kappa shape index (κ1) is 13.0. The number of halogens is 1. The van der Waals surface area contributed by atoms with Crippen LogP contribution >= 0.6 is 15.9 Å². The Morgan fingerprint density at radius 2 is 2.17 bits per heavy atom. The molecule has 1 unspecified atom stereocenters. The van der Waals surface area contributed by atoms with Crippen LogP contribution in [0.25, 0.3) is 0 Å². The lowest BCUT2D eigenvalue weighted by atomic mass is 10.1. The molecule has 96 valence electrons. The van der Waals surface area contributed by atoms with Crippen molar-refractivity contribution in [3.8, 4) is 5.75 Å². The van der Waals surface area contributed by atoms with Crippen LogP contribution in [0.5, 0.6) is 5.75 Å². The van der Waals surface area contributed by atoms with Gasteiger partial charge in [0.1, 0.15) is 5.69 Å². The third-order valence-electron chi connectivity index (χ3n) is 2.78. The van der Waals surface area contributed by atoms with Crippen LogP contribution in [0.2, 0.25) is 0 Å². The predicted molar refractivity (Wildman–Crippen MR) is 72.6 cm³/mol. The average molecular weight is 311 g/mol. The molecular formula is C12H15BrN4O. The highest BCUT2D eigenvalue weighted by Gasteiger charge is 2.21. The van der Waals surface area contributed by atoms with Gasteiger partial charge in [-0.3, -0.25) is 9.67 Å². The Morgan fingerprint density at radius 1 is 1.39 bits per heavy atom. The van der Waals surface area contributed by atoms with Crippen LogP contribution in [0.4, 0.5) is 0 Å². The first-order valence-electron chi connectivity index (χ1n) is 5.52. The Kier molecular flexibility index (Phi) is 3.98. The summed E-state index contributed by atoms with van der Waals surface area (Å²) in [5.74, 6) is 0.751. The van der Waals surface area contributed by atoms with Crippen molar-refractivity contribution < 1.29 is 4.74 Å². The fourth-order valence-corrected chi connectivity index (χ4v) is 2.13. The van der Waals surface area contributed by atoms with E-state index < -0.39 is 0 Å². The van der Waals surface area contributed by atoms with E-state index in [9.17, 15) is 0 Å². The Hall–Kier alpha value is -1.40. The molecule has 1 N–H and O–H groups in total. The van der Waals surface area contributed by atoms with Gasteiger partial charge in [-0.1, -0.05) is 0 Å². The number of hydrogen-bond donors (Lipinski definition) is 1. The van der Waals surface area contributed by atoms with Crippen LogP contribution in [0.3, 0.4) is 0 Å². The first-order valence-corrected chi connectivity index (χ1v) is 6.31. The molecule has 0 amide bonds. The summed E-state index contributed by atoms with van der Waals surface area (Å²) in [7, 11) is 5.42. The maximum atomic E-state index is 5.33. The van der Waals surface area contributed by atoms with Crippen LogP contribution in [0.15, 0.2) is 29.0 Å². The second kappa shape index (κ2) is 5.49. The molecule has 0 radical (unpaired) electrons. The Labute approximate surface area is 114 Å². The molecule has 1 atom stereocenters. The molecule has 6 heteroatoms. The highest BCUT2D eigenvalue weighted by atomic mass is 79.9. The molecule has 2 aromatic heterocycles. The lowest BCUT2D eigenvalue weighted by molar-refractivity contribution is 0.402. The van der Waals surface area contributed by atoms with E-state index in [0.717, 1.165) is 21.6 Å². The molecular weight excluding hydrogens is 296 g/mol. The van der Waals surface area contributed by atoms with E-state index in [1.165, 1.54) is 0 Å². The van der Waals surface area contributed by atoms with E-state index in [-0.39, 0.29) is 6.04 Å². The Balaban J connectivity index is 2.44. The fourth-order valence-electron chi connectivity index (χ4n) is 1.90. The van der Waals surface area contributed by atoms with Gasteiger partial charge in [0.2, 0.25) is 0 Å². The number of aryl methyl sites for hydroxylation is 1. The number of aromatic nitrogens is 3. The average Bonchev–Trinajstić information content (AvgIpc) is 2.74. The summed E-state index contributed by atoms with van der Waals surface area (Å²) >= 11 is 3.38. The van der Waals surface area contributed by atoms with E-state index in [2.05, 4.69) is 31.3 Å². The topological polar surface area (TPSA) is 52.0 Å². The molecule has 0 aliphatic heterocycles. The molecule has 0 aromatic carbocycles. The lowest BCUT2D eigenvalue weighted by Gasteiger charge is -2.17. The lowest BCUT2D eigenvalue weighted by Crippen LogP contribution is -2.22. The summed E-state index contributed by atoms with van der Waals surface area (Å²) in [6, 6.07) is 3.88. The summed E-state index contributed by atoms with van der Waals surface area (Å²) in [5.41, 5.74) is 1.87. The van der Waals surface area contributed by atoms with E-state index in [1.807, 2.05) is 26.2 Å². The third-order valence-corrected chi connectivity index (χ3v) is 3.25. The SMILES string of the molecule is CNC(c1ccc(Br)cn1)c1c(OC)cnn1C. The molecule has 5 nitrogen and oxygen atoms in total. The van der Waals surface area contributed by atoms with Crippen molar-refractivity contribution in [1.29, 1.82) is 0 Å². The van der Waals surface area contributed by atoms with Gasteiger partial charge in [-0.2, -0.15) is 5.10 Å². The second-order valence-corrected chi connectivity index (χ2v) is 4.76. The van der Waals surface area contributed by atoms with Crippen molar-refractivity contribution in [1.82, 2.24) is 20.1 Å². The smallest absolute Gasteiger partial charge is 0.161 e. The molecule has 2 rings (SSSR count). The molecule has 0 aliphatic carbocycles. The predicted octanol–water partition coefficient (Wildman–Crippen LogP) is 1.90. The van der Waals surface area contributed by atoms with Gasteiger partial charge >= 0.3 is 0 Å². The van der Waals surface area contributed by atoms with Gasteiger partial charge in [0.25, 0.3) is 0 Å². The summed E-state index contributed by atoms with van der Waals surface area (Å²) in [6.07, 6.45) is 3.49. The van der Waals surface area contributed by atoms with Gasteiger partial charge in [-0.25, -0.2) is 0 Å². The number of hydrogen-bond acceptors (Lipinski definition) is 4. The standard InChI is InChI=1S/C12H15BrN4O/c1-14-11(9-5-4-8(13)6-15-9)12-10(18-3)7-16-17(12)2/h4-7,11,14H,1-3H3. The molecule has 18 heavy (non-hydrogen) atoms. The van der Waals surface area contributed by atoms with Crippen LogP contribution in [-0.4, -0.2) is 28.9 Å². The van der Waals surface area contributed by atoms with Crippen LogP contribution < -0.4 is 10.1 Å². The highest BCUT2D eigenvalue weighted by molar-refractivity contribution is 9.10. The zero-order chi connectivity index (χ0) is 13.1. The molecule has 2 aromatic rings. The quantitative estimate of drug-likeness (QED) is 0.937. The minimum Gasteiger partial charge on any atom is -0.493 e. The normalized spacial score (nSPS) is 12.4. The van der Waals surface area contributed by atoms with Gasteiger partial charge in [0.05, 0.1) is 25.0 Å². The van der Waals surface area contributed by atoms with Gasteiger partial charge in [-0.15, -0.1) is 0 Å². The van der Waals surface area contributed by atoms with Crippen molar-refractivity contribution in [2.24, 2.45) is 7.05 Å². The molecule has 2 heterocycles. The maximum absolute atomic E-state index is 5.33. The Bertz CT molecular complexity index is 523. The van der Waals surface area contributed by atoms with E-state index in [1.54, 1.807) is 24.2 Å². The van der Waals surface area contributed by atoms with Gasteiger partial charge in [0.15, 0.2) is 5.75 Å². The number of ether oxygens (including phenoxy) is 1. The summed E-state index contributed by atoms with van der Waals surface area (Å²) in [6.45, 7) is 0. The molecule has 0 spiro atoms. The van der Waals surface area contributed by atoms with Crippen molar-refractivity contribution in [3.63, 3.8) is 0 Å². The number of rotatable bonds is 4. The van der Waals surface area contributed by atoms with Crippen molar-refractivity contribution >= 4 is 15.9 Å². The van der Waals surface area contributed by atoms with E-state index in [4.69, 9.17) is 4.74 Å². The zero-order valence-electron chi connectivity index (χ0n) is 10.5. The van der Waals surface area contributed by atoms with Gasteiger partial charge in [-0.05, 0) is 35.1 Å². The molecule has 0 bridgehead atoms. The number of methoxy groups -OCH3 is 1. The summed E-state index contributed by atoms with van der Waals surface area (Å²) < 4.78 is 8.09. The zero-order valence-corrected chi connectivity index (χ0v) is 12.1. The van der Waals surface area contributed by atoms with E-state index in [0.29, 0.717) is 0 Å². The number of nitrogens with one attached hydrogen (secondary N) is 1. The summed E-state index contributed by atoms with van der Waals surface area (Å²) in [5, 5.41) is 7.45. The third kappa shape index (κ3) is 2.39. The maximum Gasteiger partial charge on any atom is 0.161 e. The molecule has 0 saturated carbocycles. The van der Waals surface area contributed by atoms with Crippen molar-refractivity contribution in [2.75, 3.05) is 14.2 Å². The minimum atomic E-state index is -0.0550. The number of nitrogens with zero attached hydrogens (tertiary/aromatic N) is 3. The Morgan fingerprint density at radius 3 is 2.72 bits per heavy atom. The minimum absolute atomic E-state index is 0.0550. The monoisotopic (exact) mass is 310 g/mol. The molecule has 0 aliphatic rings. The van der Waals surface area contributed by atoms with E-state index >= 15 is 0 Å². The van der Waals surface area contributed by atoms with Crippen LogP contribution in [0.1, 0.15) is 17.4 Å². The van der Waals surface area contributed by atoms with Gasteiger partial charge < -0.3 is 10.1 Å². The van der Waals surface area contributed by atoms with Gasteiger partial charge in [0, 0.05) is 17.7 Å². The molecule has 0 saturated heterocycles. The van der Waals surface area contributed by atoms with Crippen LogP contribution in [-0.2, 0) is 7.05 Å². The largest absolute Gasteiger partial charge is 0.493 e. The second-order valence-electron chi connectivity index (χ2n) is 3.84. The van der Waals surface area contributed by atoms with Crippen molar-refractivity contribution in [2.45, 2.75) is 6.04 Å². The van der Waals surface area contributed by atoms with Crippen molar-refractivity contribution in [3.05, 3.63) is 40.4 Å². The summed E-state index contributed by atoms with van der Waals surface area (Å²) in [4.78, 5) is 4.42. The highest BCUT2D eigenvalue weighted by Crippen LogP contribution is 2.28. The van der Waals surface area contributed by atoms with Crippen LogP contribution in [0, 0.1) is 0 Å². The first-order chi connectivity index (χ1) is 8.67. The number of pyridine rings is 1. The molecule has 0 fully saturated rings.